The summed E-state index contributed by atoms with van der Waals surface area (Å²) >= 11 is 0. The summed E-state index contributed by atoms with van der Waals surface area (Å²) in [6.07, 6.45) is -3.91. The van der Waals surface area contributed by atoms with Gasteiger partial charge in [-0.05, 0) is 43.3 Å². The molecule has 13 heteroatoms. The van der Waals surface area contributed by atoms with Gasteiger partial charge in [-0.15, -0.1) is 0 Å². The van der Waals surface area contributed by atoms with E-state index in [1.807, 2.05) is 0 Å². The summed E-state index contributed by atoms with van der Waals surface area (Å²) in [5.74, 6) is -0.146. The molecule has 2 aromatic carbocycles. The monoisotopic (exact) mass is 536 g/mol. The molecule has 2 heterocycles. The summed E-state index contributed by atoms with van der Waals surface area (Å²) in [7, 11) is -4.55. The number of para-hydroxylation sites is 1. The molecule has 4 aromatic rings. The van der Waals surface area contributed by atoms with Gasteiger partial charge < -0.3 is 9.30 Å². The number of sulfonamides is 1. The van der Waals surface area contributed by atoms with Crippen LogP contribution >= 0.6 is 0 Å². The van der Waals surface area contributed by atoms with E-state index in [1.165, 1.54) is 24.3 Å². The van der Waals surface area contributed by atoms with E-state index in [0.29, 0.717) is 23.5 Å². The fourth-order valence-electron chi connectivity index (χ4n) is 3.69. The van der Waals surface area contributed by atoms with E-state index in [0.717, 1.165) is 12.3 Å². The quantitative estimate of drug-likeness (QED) is 0.319. The molecule has 1 N–H and O–H groups in total. The van der Waals surface area contributed by atoms with Gasteiger partial charge in [0.2, 0.25) is 10.0 Å². The number of ether oxygens (including phenoxy) is 1. The average Bonchev–Trinajstić information content (AvgIpc) is 3.17. The highest BCUT2D eigenvalue weighted by Gasteiger charge is 2.39. The van der Waals surface area contributed by atoms with Crippen LogP contribution in [0.25, 0.3) is 28.0 Å². The molecule has 4 rings (SSSR count). The largest absolute Gasteiger partial charge is 0.435 e. The van der Waals surface area contributed by atoms with Crippen LogP contribution in [-0.2, 0) is 10.0 Å². The maximum Gasteiger partial charge on any atom is 0.404 e. The number of nitrogens with zero attached hydrogens (tertiary/aromatic N) is 3. The number of pyridine rings is 1. The van der Waals surface area contributed by atoms with E-state index < -0.39 is 33.7 Å². The van der Waals surface area contributed by atoms with Crippen LogP contribution in [0.5, 0.6) is 5.75 Å². The van der Waals surface area contributed by atoms with Crippen molar-refractivity contribution in [2.75, 3.05) is 0 Å². The molecular formula is C24H17F5N4O3S. The van der Waals surface area contributed by atoms with Crippen LogP contribution in [0.3, 0.4) is 0 Å². The molecule has 1 atom stereocenters. The van der Waals surface area contributed by atoms with E-state index >= 15 is 0 Å². The smallest absolute Gasteiger partial charge is 0.404 e. The first-order valence-corrected chi connectivity index (χ1v) is 12.0. The minimum absolute atomic E-state index is 0.120. The molecule has 0 aliphatic rings. The van der Waals surface area contributed by atoms with Crippen LogP contribution in [0.4, 0.5) is 22.0 Å². The Balaban J connectivity index is 1.88. The van der Waals surface area contributed by atoms with E-state index in [9.17, 15) is 35.6 Å². The lowest BCUT2D eigenvalue weighted by atomic mass is 10.1. The Bertz CT molecular complexity index is 1580. The highest BCUT2D eigenvalue weighted by molar-refractivity contribution is 7.89. The number of halogens is 5. The molecule has 7 nitrogen and oxygen atoms in total. The van der Waals surface area contributed by atoms with Gasteiger partial charge in [0.25, 0.3) is 0 Å². The third-order valence-corrected chi connectivity index (χ3v) is 6.93. The molecule has 0 bridgehead atoms. The first-order chi connectivity index (χ1) is 17.4. The molecule has 0 saturated heterocycles. The van der Waals surface area contributed by atoms with Crippen molar-refractivity contribution in [3.63, 3.8) is 0 Å². The number of nitriles is 1. The number of hydrogen-bond donors (Lipinski definition) is 1. The third-order valence-electron chi connectivity index (χ3n) is 5.40. The second kappa shape index (κ2) is 9.79. The summed E-state index contributed by atoms with van der Waals surface area (Å²) in [5, 5.41) is 10.3. The van der Waals surface area contributed by atoms with Gasteiger partial charge in [-0.2, -0.15) is 31.9 Å². The second-order valence-corrected chi connectivity index (χ2v) is 9.54. The summed E-state index contributed by atoms with van der Waals surface area (Å²) < 4.78 is 96.7. The van der Waals surface area contributed by atoms with Crippen LogP contribution < -0.4 is 9.46 Å². The first-order valence-electron chi connectivity index (χ1n) is 10.6. The van der Waals surface area contributed by atoms with Crippen LogP contribution in [0.1, 0.15) is 12.5 Å². The zero-order valence-corrected chi connectivity index (χ0v) is 19.7. The number of alkyl halides is 5. The van der Waals surface area contributed by atoms with Gasteiger partial charge in [-0.25, -0.2) is 8.42 Å². The standard InChI is InChI=1S/C24H17F5N4O3S/c1-14(24(27,28)29)32-37(34,35)17-8-10-20(31-13-17)22-19(12-30)18-9-7-16(36-23(25)26)11-21(18)33(22)15-5-3-2-4-6-15/h2-11,13-14,23,32H,1H3/t14-/m1/s1. The maximum atomic E-state index is 12.8. The number of benzene rings is 2. The van der Waals surface area contributed by atoms with E-state index in [4.69, 9.17) is 0 Å². The molecule has 0 unspecified atom stereocenters. The van der Waals surface area contributed by atoms with Crippen LogP contribution in [0, 0.1) is 11.3 Å². The zero-order valence-electron chi connectivity index (χ0n) is 18.9. The summed E-state index contributed by atoms with van der Waals surface area (Å²) in [6.45, 7) is -2.40. The lowest BCUT2D eigenvalue weighted by Crippen LogP contribution is -2.42. The fraction of sp³-hybridized carbons (Fsp3) is 0.167. The van der Waals surface area contributed by atoms with Gasteiger partial charge in [0, 0.05) is 23.3 Å². The summed E-state index contributed by atoms with van der Waals surface area (Å²) in [4.78, 5) is 3.61. The molecule has 0 aliphatic carbocycles. The fourth-order valence-corrected chi connectivity index (χ4v) is 4.87. The maximum absolute atomic E-state index is 12.8. The number of fused-ring (bicyclic) bond motifs is 1. The van der Waals surface area contributed by atoms with E-state index in [1.54, 1.807) is 39.6 Å². The normalized spacial score (nSPS) is 13.0. The molecule has 192 valence electrons. The number of nitrogens with one attached hydrogen (secondary N) is 1. The average molecular weight is 536 g/mol. The van der Waals surface area contributed by atoms with E-state index in [-0.39, 0.29) is 22.7 Å². The number of hydrogen-bond acceptors (Lipinski definition) is 5. The van der Waals surface area contributed by atoms with Crippen molar-refractivity contribution in [3.8, 4) is 28.9 Å². The Kier molecular flexibility index (Phi) is 6.90. The molecular weight excluding hydrogens is 519 g/mol. The number of rotatable bonds is 7. The predicted octanol–water partition coefficient (Wildman–Crippen LogP) is 5.39. The highest BCUT2D eigenvalue weighted by Crippen LogP contribution is 2.37. The lowest BCUT2D eigenvalue weighted by molar-refractivity contribution is -0.147. The molecule has 0 amide bonds. The second-order valence-electron chi connectivity index (χ2n) is 7.83. The molecule has 0 radical (unpaired) electrons. The van der Waals surface area contributed by atoms with Crippen LogP contribution in [0.15, 0.2) is 71.8 Å². The van der Waals surface area contributed by atoms with E-state index in [2.05, 4.69) is 15.8 Å². The van der Waals surface area contributed by atoms with Crippen molar-refractivity contribution in [1.29, 1.82) is 5.26 Å². The molecule has 0 aliphatic heterocycles. The van der Waals surface area contributed by atoms with Gasteiger partial charge in [0.15, 0.2) is 0 Å². The number of aromatic nitrogens is 2. The minimum Gasteiger partial charge on any atom is -0.435 e. The van der Waals surface area contributed by atoms with Gasteiger partial charge in [-0.1, -0.05) is 18.2 Å². The zero-order chi connectivity index (χ0) is 27.0. The Hall–Kier alpha value is -4.02. The Labute approximate surface area is 207 Å². The van der Waals surface area contributed by atoms with Crippen LogP contribution in [0.2, 0.25) is 0 Å². The van der Waals surface area contributed by atoms with Crippen LogP contribution in [-0.4, -0.2) is 36.8 Å². The molecule has 37 heavy (non-hydrogen) atoms. The predicted molar refractivity (Wildman–Crippen MR) is 124 cm³/mol. The Morgan fingerprint density at radius 3 is 2.35 bits per heavy atom. The van der Waals surface area contributed by atoms with Crippen molar-refractivity contribution in [3.05, 3.63) is 72.4 Å². The van der Waals surface area contributed by atoms with Crippen molar-refractivity contribution in [1.82, 2.24) is 14.3 Å². The van der Waals surface area contributed by atoms with Crippen molar-refractivity contribution >= 4 is 20.9 Å². The molecule has 0 spiro atoms. The highest BCUT2D eigenvalue weighted by atomic mass is 32.2. The van der Waals surface area contributed by atoms with Crippen molar-refractivity contribution < 1.29 is 35.1 Å². The lowest BCUT2D eigenvalue weighted by Gasteiger charge is -2.17. The first kappa shape index (κ1) is 26.1. The third kappa shape index (κ3) is 5.25. The molecule has 0 saturated carbocycles. The van der Waals surface area contributed by atoms with Gasteiger partial charge in [0.05, 0.1) is 22.5 Å². The van der Waals surface area contributed by atoms with Gasteiger partial charge >= 0.3 is 12.8 Å². The minimum atomic E-state index is -4.79. The summed E-state index contributed by atoms with van der Waals surface area (Å²) in [5.41, 5.74) is 1.34. The van der Waals surface area contributed by atoms with Crippen molar-refractivity contribution in [2.24, 2.45) is 0 Å². The van der Waals surface area contributed by atoms with Gasteiger partial charge in [0.1, 0.15) is 22.8 Å². The molecule has 2 aromatic heterocycles. The SMILES string of the molecule is C[C@@H](NS(=O)(=O)c1ccc(-c2c(C#N)c3ccc(OC(F)F)cc3n2-c2ccccc2)nc1)C(F)(F)F. The molecule has 0 fully saturated rings. The van der Waals surface area contributed by atoms with Crippen molar-refractivity contribution in [2.45, 2.75) is 30.6 Å². The Morgan fingerprint density at radius 2 is 1.78 bits per heavy atom. The summed E-state index contributed by atoms with van der Waals surface area (Å²) in [6, 6.07) is 14.7. The van der Waals surface area contributed by atoms with Gasteiger partial charge in [-0.3, -0.25) is 4.98 Å². The Morgan fingerprint density at radius 1 is 1.08 bits per heavy atom. The topological polar surface area (TPSA) is 97.0 Å².